The first-order chi connectivity index (χ1) is 17.0. The normalized spacial score (nSPS) is 11.5. The summed E-state index contributed by atoms with van der Waals surface area (Å²) in [5.41, 5.74) is 4.91. The molecule has 3 heterocycles. The van der Waals surface area contributed by atoms with Crippen molar-refractivity contribution in [2.45, 2.75) is 19.9 Å². The second kappa shape index (κ2) is 9.47. The Balaban J connectivity index is 1.48. The zero-order chi connectivity index (χ0) is 24.4. The fourth-order valence-corrected chi connectivity index (χ4v) is 4.47. The third kappa shape index (κ3) is 4.41. The van der Waals surface area contributed by atoms with Crippen LogP contribution in [0.15, 0.2) is 88.2 Å². The van der Waals surface area contributed by atoms with Crippen molar-refractivity contribution in [3.05, 3.63) is 99.9 Å². The first-order valence-electron chi connectivity index (χ1n) is 11.1. The topological polar surface area (TPSA) is 94.2 Å². The number of para-hydroxylation sites is 1. The number of hydrazone groups is 1. The van der Waals surface area contributed by atoms with Gasteiger partial charge in [-0.15, -0.1) is 11.3 Å². The number of nitrogens with zero attached hydrogens (tertiary/aromatic N) is 5. The smallest absolute Gasteiger partial charge is 0.267 e. The van der Waals surface area contributed by atoms with Crippen molar-refractivity contribution >= 4 is 34.2 Å². The van der Waals surface area contributed by atoms with Crippen LogP contribution in [0.4, 0.5) is 0 Å². The molecule has 0 fully saturated rings. The van der Waals surface area contributed by atoms with Gasteiger partial charge in [0, 0.05) is 17.1 Å². The summed E-state index contributed by atoms with van der Waals surface area (Å²) in [5.74, 6) is -0.500. The molecular formula is C26H22N6O2S. The molecule has 8 nitrogen and oxygen atoms in total. The SMILES string of the molecule is CC(C)n1nc(C(=O)N/N=C/c2cn(-c3ccccc3)nc2-c2cccs2)c2ccccc2c1=O. The lowest BCUT2D eigenvalue weighted by molar-refractivity contribution is 0.0949. The molecule has 0 saturated heterocycles. The lowest BCUT2D eigenvalue weighted by Crippen LogP contribution is -2.30. The highest BCUT2D eigenvalue weighted by molar-refractivity contribution is 7.13. The molecule has 0 saturated carbocycles. The van der Waals surface area contributed by atoms with Gasteiger partial charge in [-0.2, -0.15) is 15.3 Å². The highest BCUT2D eigenvalue weighted by atomic mass is 32.1. The Morgan fingerprint density at radius 3 is 2.46 bits per heavy atom. The predicted molar refractivity (Wildman–Crippen MR) is 138 cm³/mol. The summed E-state index contributed by atoms with van der Waals surface area (Å²) in [6.07, 6.45) is 3.44. The van der Waals surface area contributed by atoms with Crippen LogP contribution >= 0.6 is 11.3 Å². The van der Waals surface area contributed by atoms with Crippen LogP contribution in [0.1, 0.15) is 35.9 Å². The standard InChI is InChI=1S/C26H22N6O2S/c1-17(2)32-26(34)21-12-7-6-11-20(21)24(30-32)25(33)28-27-15-18-16-31(19-9-4-3-5-10-19)29-23(18)22-13-8-14-35-22/h3-17H,1-2H3,(H,28,33)/b27-15+. The molecule has 9 heteroatoms. The van der Waals surface area contributed by atoms with Crippen molar-refractivity contribution in [1.29, 1.82) is 0 Å². The van der Waals surface area contributed by atoms with Gasteiger partial charge in [-0.05, 0) is 43.5 Å². The fraction of sp³-hybridized carbons (Fsp3) is 0.115. The van der Waals surface area contributed by atoms with E-state index in [1.54, 1.807) is 46.5 Å². The van der Waals surface area contributed by atoms with Gasteiger partial charge in [-0.1, -0.05) is 42.5 Å². The summed E-state index contributed by atoms with van der Waals surface area (Å²) in [7, 11) is 0. The lowest BCUT2D eigenvalue weighted by atomic mass is 10.1. The summed E-state index contributed by atoms with van der Waals surface area (Å²) >= 11 is 1.58. The van der Waals surface area contributed by atoms with Crippen molar-refractivity contribution in [2.24, 2.45) is 5.10 Å². The molecule has 2 aromatic carbocycles. The van der Waals surface area contributed by atoms with Gasteiger partial charge in [0.25, 0.3) is 11.5 Å². The number of fused-ring (bicyclic) bond motifs is 1. The zero-order valence-corrected chi connectivity index (χ0v) is 19.9. The third-order valence-electron chi connectivity index (χ3n) is 5.42. The van der Waals surface area contributed by atoms with Crippen molar-refractivity contribution in [3.8, 4) is 16.3 Å². The van der Waals surface area contributed by atoms with E-state index < -0.39 is 5.91 Å². The summed E-state index contributed by atoms with van der Waals surface area (Å²) in [5, 5.41) is 16.2. The molecule has 5 rings (SSSR count). The van der Waals surface area contributed by atoms with E-state index in [1.165, 1.54) is 4.68 Å². The fourth-order valence-electron chi connectivity index (χ4n) is 3.74. The van der Waals surface area contributed by atoms with E-state index in [1.807, 2.05) is 67.9 Å². The molecule has 0 atom stereocenters. The van der Waals surface area contributed by atoms with Gasteiger partial charge in [0.15, 0.2) is 5.69 Å². The van der Waals surface area contributed by atoms with Crippen LogP contribution in [0.3, 0.4) is 0 Å². The monoisotopic (exact) mass is 482 g/mol. The Bertz CT molecular complexity index is 1580. The molecule has 35 heavy (non-hydrogen) atoms. The largest absolute Gasteiger partial charge is 0.292 e. The van der Waals surface area contributed by atoms with Gasteiger partial charge in [-0.25, -0.2) is 14.8 Å². The number of nitrogens with one attached hydrogen (secondary N) is 1. The minimum atomic E-state index is -0.500. The minimum Gasteiger partial charge on any atom is -0.267 e. The Morgan fingerprint density at radius 1 is 1.00 bits per heavy atom. The number of carbonyl (C=O) groups excluding carboxylic acids is 1. The van der Waals surface area contributed by atoms with Gasteiger partial charge in [0.2, 0.25) is 0 Å². The molecule has 0 spiro atoms. The average molecular weight is 483 g/mol. The summed E-state index contributed by atoms with van der Waals surface area (Å²) in [6, 6.07) is 20.5. The van der Waals surface area contributed by atoms with Crippen LogP contribution < -0.4 is 11.0 Å². The van der Waals surface area contributed by atoms with Crippen molar-refractivity contribution in [3.63, 3.8) is 0 Å². The van der Waals surface area contributed by atoms with Crippen LogP contribution in [-0.4, -0.2) is 31.7 Å². The van der Waals surface area contributed by atoms with Crippen molar-refractivity contribution < 1.29 is 4.79 Å². The minimum absolute atomic E-state index is 0.143. The maximum absolute atomic E-state index is 13.1. The van der Waals surface area contributed by atoms with Crippen LogP contribution in [0.5, 0.6) is 0 Å². The average Bonchev–Trinajstić information content (AvgIpc) is 3.55. The lowest BCUT2D eigenvalue weighted by Gasteiger charge is -2.12. The second-order valence-corrected chi connectivity index (χ2v) is 9.07. The summed E-state index contributed by atoms with van der Waals surface area (Å²) in [4.78, 5) is 26.8. The van der Waals surface area contributed by atoms with Gasteiger partial charge in [0.05, 0.1) is 28.2 Å². The number of hydrogen-bond acceptors (Lipinski definition) is 6. The molecule has 5 aromatic rings. The first kappa shape index (κ1) is 22.4. The molecule has 0 bridgehead atoms. The molecule has 0 unspecified atom stereocenters. The van der Waals surface area contributed by atoms with E-state index in [0.29, 0.717) is 10.8 Å². The number of aromatic nitrogens is 4. The number of thiophene rings is 1. The molecule has 0 aliphatic rings. The van der Waals surface area contributed by atoms with E-state index in [2.05, 4.69) is 15.6 Å². The van der Waals surface area contributed by atoms with Gasteiger partial charge in [-0.3, -0.25) is 9.59 Å². The maximum atomic E-state index is 13.1. The quantitative estimate of drug-likeness (QED) is 0.281. The highest BCUT2D eigenvalue weighted by Crippen LogP contribution is 2.27. The molecule has 0 aliphatic heterocycles. The van der Waals surface area contributed by atoms with E-state index in [-0.39, 0.29) is 17.3 Å². The molecule has 1 N–H and O–H groups in total. The van der Waals surface area contributed by atoms with Gasteiger partial charge < -0.3 is 0 Å². The molecule has 0 radical (unpaired) electrons. The molecule has 3 aromatic heterocycles. The van der Waals surface area contributed by atoms with E-state index in [4.69, 9.17) is 5.10 Å². The number of hydrogen-bond donors (Lipinski definition) is 1. The Labute approximate surface area is 205 Å². The molecule has 174 valence electrons. The van der Waals surface area contributed by atoms with Crippen LogP contribution in [0, 0.1) is 0 Å². The second-order valence-electron chi connectivity index (χ2n) is 8.13. The third-order valence-corrected chi connectivity index (χ3v) is 6.30. The Hall–Kier alpha value is -4.37. The van der Waals surface area contributed by atoms with E-state index >= 15 is 0 Å². The van der Waals surface area contributed by atoms with E-state index in [9.17, 15) is 9.59 Å². The van der Waals surface area contributed by atoms with Crippen LogP contribution in [0.25, 0.3) is 27.0 Å². The van der Waals surface area contributed by atoms with Crippen LogP contribution in [-0.2, 0) is 0 Å². The van der Waals surface area contributed by atoms with Gasteiger partial charge in [0.1, 0.15) is 5.69 Å². The molecule has 0 aliphatic carbocycles. The van der Waals surface area contributed by atoms with Gasteiger partial charge >= 0.3 is 0 Å². The first-order valence-corrected chi connectivity index (χ1v) is 11.9. The summed E-state index contributed by atoms with van der Waals surface area (Å²) < 4.78 is 3.10. The number of benzene rings is 2. The number of rotatable bonds is 6. The van der Waals surface area contributed by atoms with Crippen LogP contribution in [0.2, 0.25) is 0 Å². The Morgan fingerprint density at radius 2 is 1.74 bits per heavy atom. The highest BCUT2D eigenvalue weighted by Gasteiger charge is 2.18. The maximum Gasteiger partial charge on any atom is 0.292 e. The molecule has 1 amide bonds. The number of carbonyl (C=O) groups is 1. The van der Waals surface area contributed by atoms with Crippen molar-refractivity contribution in [2.75, 3.05) is 0 Å². The Kier molecular flexibility index (Phi) is 6.07. The zero-order valence-electron chi connectivity index (χ0n) is 19.1. The number of amides is 1. The van der Waals surface area contributed by atoms with Crippen molar-refractivity contribution in [1.82, 2.24) is 25.0 Å². The van der Waals surface area contributed by atoms with E-state index in [0.717, 1.165) is 21.8 Å². The summed E-state index contributed by atoms with van der Waals surface area (Å²) in [6.45, 7) is 3.69. The predicted octanol–water partition coefficient (Wildman–Crippen LogP) is 4.66. The molecular weight excluding hydrogens is 460 g/mol.